The number of anilines is 3. The third-order valence-electron chi connectivity index (χ3n) is 10.4. The molecule has 238 valence electrons. The van der Waals surface area contributed by atoms with Crippen LogP contribution in [0.3, 0.4) is 0 Å². The quantitative estimate of drug-likeness (QED) is 0.168. The molecule has 0 spiro atoms. The van der Waals surface area contributed by atoms with Crippen molar-refractivity contribution in [2.24, 2.45) is 0 Å². The van der Waals surface area contributed by atoms with E-state index in [-0.39, 0.29) is 0 Å². The van der Waals surface area contributed by atoms with E-state index in [1.165, 1.54) is 76.1 Å². The Morgan fingerprint density at radius 1 is 0.255 bits per heavy atom. The summed E-state index contributed by atoms with van der Waals surface area (Å²) in [6, 6.07) is 73.0. The van der Waals surface area contributed by atoms with Gasteiger partial charge >= 0.3 is 0 Å². The molecule has 0 N–H and O–H groups in total. The zero-order chi connectivity index (χ0) is 33.7. The van der Waals surface area contributed by atoms with Crippen molar-refractivity contribution < 1.29 is 0 Å². The number of rotatable bonds is 5. The van der Waals surface area contributed by atoms with Gasteiger partial charge in [0.1, 0.15) is 0 Å². The van der Waals surface area contributed by atoms with Crippen molar-refractivity contribution in [3.05, 3.63) is 200 Å². The SMILES string of the molecule is c1ccc(-c2ccccc2N(c2ccc(-c3cc4c5ccccc5ccc4c4ccccc34)cc2)c2ccc3c(ccc4ccccc43)c2)cc1. The lowest BCUT2D eigenvalue weighted by Gasteiger charge is -2.28. The molecule has 10 rings (SSSR count). The van der Waals surface area contributed by atoms with Gasteiger partial charge in [-0.15, -0.1) is 0 Å². The largest absolute Gasteiger partial charge is 0.310 e. The number of nitrogens with zero attached hydrogens (tertiary/aromatic N) is 1. The van der Waals surface area contributed by atoms with E-state index < -0.39 is 0 Å². The molecule has 0 unspecified atom stereocenters. The summed E-state index contributed by atoms with van der Waals surface area (Å²) >= 11 is 0. The predicted molar refractivity (Wildman–Crippen MR) is 220 cm³/mol. The molecule has 0 saturated carbocycles. The molecule has 0 bridgehead atoms. The summed E-state index contributed by atoms with van der Waals surface area (Å²) in [5.41, 5.74) is 8.19. The van der Waals surface area contributed by atoms with Crippen molar-refractivity contribution in [2.75, 3.05) is 4.90 Å². The van der Waals surface area contributed by atoms with Gasteiger partial charge in [0.25, 0.3) is 0 Å². The first-order chi connectivity index (χ1) is 25.3. The van der Waals surface area contributed by atoms with Crippen LogP contribution in [0.25, 0.3) is 76.1 Å². The highest BCUT2D eigenvalue weighted by atomic mass is 15.1. The van der Waals surface area contributed by atoms with Crippen LogP contribution in [0.4, 0.5) is 17.1 Å². The lowest BCUT2D eigenvalue weighted by molar-refractivity contribution is 1.29. The van der Waals surface area contributed by atoms with Crippen LogP contribution in [-0.2, 0) is 0 Å². The highest BCUT2D eigenvalue weighted by Gasteiger charge is 2.19. The van der Waals surface area contributed by atoms with Crippen LogP contribution < -0.4 is 4.90 Å². The molecule has 0 aliphatic carbocycles. The molecule has 0 radical (unpaired) electrons. The molecular formula is C50H33N. The highest BCUT2D eigenvalue weighted by Crippen LogP contribution is 2.44. The molecule has 0 saturated heterocycles. The summed E-state index contributed by atoms with van der Waals surface area (Å²) in [6.45, 7) is 0. The van der Waals surface area contributed by atoms with Crippen LogP contribution in [0.5, 0.6) is 0 Å². The first-order valence-electron chi connectivity index (χ1n) is 17.6. The Labute approximate surface area is 297 Å². The Bertz CT molecular complexity index is 2900. The minimum atomic E-state index is 1.11. The second-order valence-electron chi connectivity index (χ2n) is 13.3. The van der Waals surface area contributed by atoms with Crippen molar-refractivity contribution in [3.8, 4) is 22.3 Å². The summed E-state index contributed by atoms with van der Waals surface area (Å²) in [4.78, 5) is 2.41. The van der Waals surface area contributed by atoms with Crippen LogP contribution in [0, 0.1) is 0 Å². The van der Waals surface area contributed by atoms with Gasteiger partial charge in [-0.25, -0.2) is 0 Å². The normalized spacial score (nSPS) is 11.5. The van der Waals surface area contributed by atoms with Gasteiger partial charge in [0.2, 0.25) is 0 Å². The van der Waals surface area contributed by atoms with Gasteiger partial charge in [-0.2, -0.15) is 0 Å². The third-order valence-corrected chi connectivity index (χ3v) is 10.4. The van der Waals surface area contributed by atoms with Crippen molar-refractivity contribution in [1.29, 1.82) is 0 Å². The molecule has 0 aliphatic heterocycles. The second-order valence-corrected chi connectivity index (χ2v) is 13.3. The Balaban J connectivity index is 1.17. The maximum atomic E-state index is 2.41. The summed E-state index contributed by atoms with van der Waals surface area (Å²) in [6.07, 6.45) is 0. The average Bonchev–Trinajstić information content (AvgIpc) is 3.21. The van der Waals surface area contributed by atoms with Crippen LogP contribution in [0.15, 0.2) is 200 Å². The van der Waals surface area contributed by atoms with Gasteiger partial charge in [0, 0.05) is 16.9 Å². The maximum Gasteiger partial charge on any atom is 0.0540 e. The van der Waals surface area contributed by atoms with E-state index >= 15 is 0 Å². The third kappa shape index (κ3) is 4.94. The minimum absolute atomic E-state index is 1.11. The van der Waals surface area contributed by atoms with E-state index in [4.69, 9.17) is 0 Å². The smallest absolute Gasteiger partial charge is 0.0540 e. The number of fused-ring (bicyclic) bond motifs is 8. The van der Waals surface area contributed by atoms with E-state index in [1.54, 1.807) is 0 Å². The molecule has 0 aromatic heterocycles. The van der Waals surface area contributed by atoms with Crippen molar-refractivity contribution in [2.45, 2.75) is 0 Å². The van der Waals surface area contributed by atoms with Crippen molar-refractivity contribution in [1.82, 2.24) is 0 Å². The predicted octanol–water partition coefficient (Wildman–Crippen LogP) is 14.3. The number of hydrogen-bond acceptors (Lipinski definition) is 1. The standard InChI is InChI=1S/C50H33N/c1-2-12-34(13-3-1)44-18-10-11-21-50(44)51(40-29-31-43-38(32-40)23-22-35-14-4-6-16-41(35)43)39-27-24-37(25-28-39)48-33-49-42-17-7-5-15-36(42)26-30-47(49)45-19-8-9-20-46(45)48/h1-33H. The van der Waals surface area contributed by atoms with Gasteiger partial charge in [0.15, 0.2) is 0 Å². The molecule has 10 aromatic rings. The summed E-state index contributed by atoms with van der Waals surface area (Å²) in [5, 5.41) is 12.7. The lowest BCUT2D eigenvalue weighted by Crippen LogP contribution is -2.11. The van der Waals surface area contributed by atoms with Gasteiger partial charge < -0.3 is 4.90 Å². The molecule has 0 amide bonds. The van der Waals surface area contributed by atoms with Crippen LogP contribution in [-0.4, -0.2) is 0 Å². The molecule has 0 heterocycles. The molecule has 1 heteroatoms. The Morgan fingerprint density at radius 2 is 0.765 bits per heavy atom. The molecule has 0 atom stereocenters. The first kappa shape index (κ1) is 29.2. The zero-order valence-electron chi connectivity index (χ0n) is 28.0. The van der Waals surface area contributed by atoms with Gasteiger partial charge in [-0.05, 0) is 107 Å². The highest BCUT2D eigenvalue weighted by molar-refractivity contribution is 6.21. The molecule has 51 heavy (non-hydrogen) atoms. The molecule has 0 fully saturated rings. The fourth-order valence-corrected chi connectivity index (χ4v) is 7.99. The first-order valence-corrected chi connectivity index (χ1v) is 17.6. The van der Waals surface area contributed by atoms with Crippen molar-refractivity contribution in [3.63, 3.8) is 0 Å². The number of benzene rings is 10. The fraction of sp³-hybridized carbons (Fsp3) is 0. The van der Waals surface area contributed by atoms with Crippen LogP contribution >= 0.6 is 0 Å². The van der Waals surface area contributed by atoms with Crippen LogP contribution in [0.1, 0.15) is 0 Å². The second kappa shape index (κ2) is 12.0. The Kier molecular flexibility index (Phi) is 6.89. The topological polar surface area (TPSA) is 3.24 Å². The zero-order valence-corrected chi connectivity index (χ0v) is 28.0. The Morgan fingerprint density at radius 3 is 1.55 bits per heavy atom. The number of hydrogen-bond donors (Lipinski definition) is 0. The average molecular weight is 648 g/mol. The fourth-order valence-electron chi connectivity index (χ4n) is 7.99. The van der Waals surface area contributed by atoms with Gasteiger partial charge in [-0.1, -0.05) is 164 Å². The maximum absolute atomic E-state index is 2.41. The number of para-hydroxylation sites is 1. The van der Waals surface area contributed by atoms with Gasteiger partial charge in [-0.3, -0.25) is 0 Å². The minimum Gasteiger partial charge on any atom is -0.310 e. The van der Waals surface area contributed by atoms with Gasteiger partial charge in [0.05, 0.1) is 5.69 Å². The molecule has 0 aliphatic rings. The molecular weight excluding hydrogens is 615 g/mol. The van der Waals surface area contributed by atoms with E-state index in [9.17, 15) is 0 Å². The summed E-state index contributed by atoms with van der Waals surface area (Å²) in [5.74, 6) is 0. The summed E-state index contributed by atoms with van der Waals surface area (Å²) < 4.78 is 0. The van der Waals surface area contributed by atoms with E-state index in [1.807, 2.05) is 0 Å². The van der Waals surface area contributed by atoms with Crippen molar-refractivity contribution >= 4 is 70.9 Å². The molecule has 1 nitrogen and oxygen atoms in total. The van der Waals surface area contributed by atoms with E-state index in [0.717, 1.165) is 17.1 Å². The Hall–Kier alpha value is -6.70. The summed E-state index contributed by atoms with van der Waals surface area (Å²) in [7, 11) is 0. The van der Waals surface area contributed by atoms with Crippen LogP contribution in [0.2, 0.25) is 0 Å². The monoisotopic (exact) mass is 647 g/mol. The molecule has 10 aromatic carbocycles. The van der Waals surface area contributed by atoms with E-state index in [0.29, 0.717) is 0 Å². The lowest BCUT2D eigenvalue weighted by atomic mass is 9.91. The van der Waals surface area contributed by atoms with E-state index in [2.05, 4.69) is 205 Å².